The molecule has 0 aliphatic carbocycles. The van der Waals surface area contributed by atoms with E-state index in [9.17, 15) is 4.79 Å². The van der Waals surface area contributed by atoms with Gasteiger partial charge in [0.25, 0.3) is 0 Å². The molecule has 2 rings (SSSR count). The van der Waals surface area contributed by atoms with Gasteiger partial charge in [0.2, 0.25) is 0 Å². The number of carbonyl (C=O) groups is 1. The summed E-state index contributed by atoms with van der Waals surface area (Å²) in [6, 6.07) is 10.9. The Morgan fingerprint density at radius 3 is 2.63 bits per heavy atom. The van der Waals surface area contributed by atoms with Crippen LogP contribution in [0.2, 0.25) is 0 Å². The van der Waals surface area contributed by atoms with Gasteiger partial charge >= 0.3 is 5.97 Å². The highest BCUT2D eigenvalue weighted by atomic mass is 32.1. The van der Waals surface area contributed by atoms with Crippen LogP contribution in [-0.2, 0) is 11.3 Å². The first-order valence-electron chi connectivity index (χ1n) is 5.88. The van der Waals surface area contributed by atoms with Crippen LogP contribution in [0.15, 0.2) is 46.9 Å². The summed E-state index contributed by atoms with van der Waals surface area (Å²) < 4.78 is 0. The number of carbonyl (C=O) groups excluding carboxylic acids is 1. The molecule has 0 atom stereocenters. The number of nitrogens with zero attached hydrogens (tertiary/aromatic N) is 1. The fourth-order valence-electron chi connectivity index (χ4n) is 1.49. The Morgan fingerprint density at radius 2 is 2.05 bits per heavy atom. The summed E-state index contributed by atoms with van der Waals surface area (Å²) in [5.74, 6) is -0.310. The van der Waals surface area contributed by atoms with Crippen LogP contribution in [-0.4, -0.2) is 11.8 Å². The molecule has 98 valence electrons. The molecule has 0 radical (unpaired) electrons. The molecule has 5 heteroatoms. The third-order valence-electron chi connectivity index (χ3n) is 2.60. The fraction of sp³-hybridized carbons (Fsp3) is 0.143. The average molecular weight is 274 g/mol. The molecule has 2 aromatic rings. The molecule has 0 unspecified atom stereocenters. The molecular weight excluding hydrogens is 260 g/mol. The van der Waals surface area contributed by atoms with Crippen LogP contribution in [0.3, 0.4) is 0 Å². The molecule has 2 N–H and O–H groups in total. The van der Waals surface area contributed by atoms with Crippen LogP contribution in [0.4, 0.5) is 0 Å². The lowest BCUT2D eigenvalue weighted by atomic mass is 10.1. The Hall–Kier alpha value is -2.14. The molecule has 1 aromatic carbocycles. The first-order chi connectivity index (χ1) is 9.20. The number of amidine groups is 1. The van der Waals surface area contributed by atoms with E-state index in [0.717, 1.165) is 16.9 Å². The number of aryl methyl sites for hydroxylation is 1. The van der Waals surface area contributed by atoms with E-state index in [4.69, 9.17) is 10.6 Å². The Kier molecular flexibility index (Phi) is 4.30. The maximum atomic E-state index is 11.7. The number of benzene rings is 1. The van der Waals surface area contributed by atoms with E-state index < -0.39 is 5.97 Å². The molecule has 0 spiro atoms. The topological polar surface area (TPSA) is 64.7 Å². The molecule has 0 aliphatic rings. The SMILES string of the molecule is CCc1ccc(C(=O)O/N=C(\N)c2cccs2)cc1. The molecule has 0 amide bonds. The van der Waals surface area contributed by atoms with Crippen molar-refractivity contribution in [1.82, 2.24) is 0 Å². The maximum Gasteiger partial charge on any atom is 0.365 e. The van der Waals surface area contributed by atoms with Gasteiger partial charge in [0.05, 0.1) is 10.4 Å². The lowest BCUT2D eigenvalue weighted by Gasteiger charge is -2.01. The Bertz CT molecular complexity index is 574. The lowest BCUT2D eigenvalue weighted by Crippen LogP contribution is -2.13. The van der Waals surface area contributed by atoms with Crippen LogP contribution in [0.5, 0.6) is 0 Å². The molecule has 0 saturated carbocycles. The maximum absolute atomic E-state index is 11.7. The highest BCUT2D eigenvalue weighted by molar-refractivity contribution is 7.12. The molecule has 0 saturated heterocycles. The first-order valence-corrected chi connectivity index (χ1v) is 6.76. The van der Waals surface area contributed by atoms with Gasteiger partial charge in [0, 0.05) is 0 Å². The zero-order valence-electron chi connectivity index (χ0n) is 10.5. The van der Waals surface area contributed by atoms with Gasteiger partial charge in [-0.15, -0.1) is 11.3 Å². The predicted octanol–water partition coefficient (Wildman–Crippen LogP) is 2.79. The Balaban J connectivity index is 2.02. The predicted molar refractivity (Wildman–Crippen MR) is 76.3 cm³/mol. The van der Waals surface area contributed by atoms with E-state index in [-0.39, 0.29) is 5.84 Å². The van der Waals surface area contributed by atoms with Gasteiger partial charge in [-0.2, -0.15) is 0 Å². The van der Waals surface area contributed by atoms with Gasteiger partial charge < -0.3 is 10.6 Å². The van der Waals surface area contributed by atoms with Crippen LogP contribution >= 0.6 is 11.3 Å². The summed E-state index contributed by atoms with van der Waals surface area (Å²) in [6.07, 6.45) is 0.929. The van der Waals surface area contributed by atoms with E-state index in [1.807, 2.05) is 29.6 Å². The minimum absolute atomic E-state index is 0.202. The van der Waals surface area contributed by atoms with Gasteiger partial charge in [0.1, 0.15) is 0 Å². The van der Waals surface area contributed by atoms with Crippen molar-refractivity contribution in [1.29, 1.82) is 0 Å². The van der Waals surface area contributed by atoms with Crippen molar-refractivity contribution in [3.8, 4) is 0 Å². The first kappa shape index (κ1) is 13.3. The monoisotopic (exact) mass is 274 g/mol. The number of hydrogen-bond acceptors (Lipinski definition) is 4. The number of hydrogen-bond donors (Lipinski definition) is 1. The van der Waals surface area contributed by atoms with Crippen molar-refractivity contribution in [2.75, 3.05) is 0 Å². The zero-order chi connectivity index (χ0) is 13.7. The Labute approximate surface area is 115 Å². The van der Waals surface area contributed by atoms with Crippen LogP contribution in [0, 0.1) is 0 Å². The number of thiophene rings is 1. The second-order valence-electron chi connectivity index (χ2n) is 3.88. The van der Waals surface area contributed by atoms with Crippen LogP contribution < -0.4 is 5.73 Å². The number of nitrogens with two attached hydrogens (primary N) is 1. The second-order valence-corrected chi connectivity index (χ2v) is 4.83. The summed E-state index contributed by atoms with van der Waals surface area (Å²) in [5, 5.41) is 5.52. The highest BCUT2D eigenvalue weighted by Crippen LogP contribution is 2.09. The molecule has 0 aliphatic heterocycles. The largest absolute Gasteiger partial charge is 0.380 e. The smallest absolute Gasteiger partial charge is 0.365 e. The van der Waals surface area contributed by atoms with Gasteiger partial charge in [0.15, 0.2) is 5.84 Å². The standard InChI is InChI=1S/C14H14N2O2S/c1-2-10-5-7-11(8-6-10)14(17)18-16-13(15)12-4-3-9-19-12/h3-9H,2H2,1H3,(H2,15,16). The fourth-order valence-corrected chi connectivity index (χ4v) is 2.11. The third kappa shape index (κ3) is 3.42. The van der Waals surface area contributed by atoms with Crippen molar-refractivity contribution in [3.05, 3.63) is 57.8 Å². The van der Waals surface area contributed by atoms with Crippen molar-refractivity contribution in [2.24, 2.45) is 10.9 Å². The van der Waals surface area contributed by atoms with Crippen molar-refractivity contribution >= 4 is 23.1 Å². The third-order valence-corrected chi connectivity index (χ3v) is 3.49. The lowest BCUT2D eigenvalue weighted by molar-refractivity contribution is 0.0516. The molecular formula is C14H14N2O2S. The molecule has 1 heterocycles. The van der Waals surface area contributed by atoms with Crippen LogP contribution in [0.1, 0.15) is 27.7 Å². The quantitative estimate of drug-likeness (QED) is 0.403. The molecule has 0 bridgehead atoms. The van der Waals surface area contributed by atoms with E-state index in [0.29, 0.717) is 5.56 Å². The molecule has 4 nitrogen and oxygen atoms in total. The van der Waals surface area contributed by atoms with Gasteiger partial charge in [-0.3, -0.25) is 0 Å². The summed E-state index contributed by atoms with van der Waals surface area (Å²) in [4.78, 5) is 17.3. The van der Waals surface area contributed by atoms with E-state index in [1.54, 1.807) is 12.1 Å². The van der Waals surface area contributed by atoms with Crippen LogP contribution in [0.25, 0.3) is 0 Å². The van der Waals surface area contributed by atoms with E-state index in [1.165, 1.54) is 11.3 Å². The number of rotatable bonds is 4. The summed E-state index contributed by atoms with van der Waals surface area (Å²) in [6.45, 7) is 2.05. The van der Waals surface area contributed by atoms with Crippen molar-refractivity contribution < 1.29 is 9.63 Å². The second kappa shape index (κ2) is 6.15. The highest BCUT2D eigenvalue weighted by Gasteiger charge is 2.08. The summed E-state index contributed by atoms with van der Waals surface area (Å²) in [5.41, 5.74) is 7.32. The van der Waals surface area contributed by atoms with Crippen molar-refractivity contribution in [2.45, 2.75) is 13.3 Å². The average Bonchev–Trinajstić information content (AvgIpc) is 2.98. The molecule has 0 fully saturated rings. The summed E-state index contributed by atoms with van der Waals surface area (Å²) >= 11 is 1.44. The Morgan fingerprint density at radius 1 is 1.32 bits per heavy atom. The van der Waals surface area contributed by atoms with E-state index in [2.05, 4.69) is 12.1 Å². The minimum Gasteiger partial charge on any atom is -0.380 e. The van der Waals surface area contributed by atoms with Crippen molar-refractivity contribution in [3.63, 3.8) is 0 Å². The zero-order valence-corrected chi connectivity index (χ0v) is 11.3. The molecule has 19 heavy (non-hydrogen) atoms. The normalized spacial score (nSPS) is 11.3. The molecule has 1 aromatic heterocycles. The van der Waals surface area contributed by atoms with Gasteiger partial charge in [-0.25, -0.2) is 4.79 Å². The van der Waals surface area contributed by atoms with E-state index >= 15 is 0 Å². The van der Waals surface area contributed by atoms with Gasteiger partial charge in [-0.05, 0) is 35.6 Å². The van der Waals surface area contributed by atoms with Gasteiger partial charge in [-0.1, -0.05) is 30.3 Å². The minimum atomic E-state index is -0.512. The number of oxime groups is 1. The summed E-state index contributed by atoms with van der Waals surface area (Å²) in [7, 11) is 0.